The first-order valence-corrected chi connectivity index (χ1v) is 6.90. The van der Waals surface area contributed by atoms with Crippen LogP contribution in [-0.2, 0) is 16.0 Å². The van der Waals surface area contributed by atoms with E-state index in [0.29, 0.717) is 12.0 Å². The Kier molecular flexibility index (Phi) is 4.26. The van der Waals surface area contributed by atoms with Crippen molar-refractivity contribution < 1.29 is 24.6 Å². The summed E-state index contributed by atoms with van der Waals surface area (Å²) in [4.78, 5) is 35.7. The van der Waals surface area contributed by atoms with Gasteiger partial charge in [-0.15, -0.1) is 0 Å². The van der Waals surface area contributed by atoms with Crippen LogP contribution in [0.25, 0.3) is 0 Å². The number of rotatable bonds is 5. The number of carbonyl (C=O) groups is 3. The lowest BCUT2D eigenvalue weighted by Gasteiger charge is -2.18. The number of aryl methyl sites for hydroxylation is 1. The van der Waals surface area contributed by atoms with Crippen LogP contribution < -0.4 is 4.90 Å². The van der Waals surface area contributed by atoms with Crippen molar-refractivity contribution in [1.29, 1.82) is 0 Å². The molecule has 1 saturated heterocycles. The number of benzene rings is 1. The molecule has 21 heavy (non-hydrogen) atoms. The number of anilines is 1. The molecule has 0 unspecified atom stereocenters. The molecule has 6 nitrogen and oxygen atoms in total. The van der Waals surface area contributed by atoms with Crippen molar-refractivity contribution in [2.24, 2.45) is 0 Å². The normalized spacial score (nSPS) is 14.8. The minimum atomic E-state index is -1.29. The van der Waals surface area contributed by atoms with E-state index >= 15 is 0 Å². The highest BCUT2D eigenvalue weighted by molar-refractivity contribution is 6.21. The molecule has 0 radical (unpaired) electrons. The van der Waals surface area contributed by atoms with Crippen molar-refractivity contribution >= 4 is 23.5 Å². The summed E-state index contributed by atoms with van der Waals surface area (Å²) < 4.78 is 0. The third-order valence-corrected chi connectivity index (χ3v) is 3.49. The average Bonchev–Trinajstić information content (AvgIpc) is 2.77. The van der Waals surface area contributed by atoms with Gasteiger partial charge in [-0.3, -0.25) is 9.59 Å². The topological polar surface area (TPSA) is 94.9 Å². The molecule has 0 atom stereocenters. The highest BCUT2D eigenvalue weighted by atomic mass is 16.4. The molecule has 2 N–H and O–H groups in total. The van der Waals surface area contributed by atoms with Crippen LogP contribution in [0, 0.1) is 0 Å². The minimum Gasteiger partial charge on any atom is -0.505 e. The Bertz CT molecular complexity index is 592. The second-order valence-electron chi connectivity index (χ2n) is 5.04. The zero-order valence-corrected chi connectivity index (χ0v) is 11.8. The van der Waals surface area contributed by atoms with Gasteiger partial charge in [0.25, 0.3) is 0 Å². The number of aromatic hydroxyl groups is 1. The van der Waals surface area contributed by atoms with Crippen LogP contribution in [0.15, 0.2) is 12.1 Å². The summed E-state index contributed by atoms with van der Waals surface area (Å²) in [5.74, 6) is -2.66. The molecule has 1 heterocycles. The number of aromatic carboxylic acids is 1. The Morgan fingerprint density at radius 1 is 1.24 bits per heavy atom. The second kappa shape index (κ2) is 5.95. The van der Waals surface area contributed by atoms with E-state index in [1.807, 2.05) is 6.92 Å². The van der Waals surface area contributed by atoms with Crippen LogP contribution in [0.5, 0.6) is 5.75 Å². The van der Waals surface area contributed by atoms with Gasteiger partial charge in [0.1, 0.15) is 5.56 Å². The maximum atomic E-state index is 11.8. The summed E-state index contributed by atoms with van der Waals surface area (Å²) in [6, 6.07) is 2.92. The van der Waals surface area contributed by atoms with Crippen LogP contribution in [-0.4, -0.2) is 28.0 Å². The van der Waals surface area contributed by atoms with Crippen molar-refractivity contribution in [3.63, 3.8) is 0 Å². The summed E-state index contributed by atoms with van der Waals surface area (Å²) in [6.45, 7) is 2.01. The lowest BCUT2D eigenvalue weighted by molar-refractivity contribution is -0.121. The van der Waals surface area contributed by atoms with Crippen LogP contribution in [0.4, 0.5) is 5.69 Å². The number of carbonyl (C=O) groups excluding carboxylic acids is 2. The first-order chi connectivity index (χ1) is 9.95. The lowest BCUT2D eigenvalue weighted by atomic mass is 10.0. The van der Waals surface area contributed by atoms with Crippen LogP contribution >= 0.6 is 0 Å². The highest BCUT2D eigenvalue weighted by Gasteiger charge is 2.33. The van der Waals surface area contributed by atoms with Crippen molar-refractivity contribution in [2.45, 2.75) is 39.0 Å². The Morgan fingerprint density at radius 3 is 2.38 bits per heavy atom. The smallest absolute Gasteiger partial charge is 0.339 e. The van der Waals surface area contributed by atoms with Gasteiger partial charge in [-0.25, -0.2) is 9.69 Å². The van der Waals surface area contributed by atoms with Gasteiger partial charge in [-0.2, -0.15) is 0 Å². The molecule has 0 aromatic heterocycles. The minimum absolute atomic E-state index is 0.0199. The first kappa shape index (κ1) is 15.0. The number of hydrogen-bond donors (Lipinski definition) is 2. The Hall–Kier alpha value is -2.37. The van der Waals surface area contributed by atoms with E-state index in [9.17, 15) is 19.5 Å². The largest absolute Gasteiger partial charge is 0.505 e. The van der Waals surface area contributed by atoms with Gasteiger partial charge in [0, 0.05) is 12.8 Å². The molecule has 112 valence electrons. The summed E-state index contributed by atoms with van der Waals surface area (Å²) in [5, 5.41) is 19.2. The summed E-state index contributed by atoms with van der Waals surface area (Å²) in [7, 11) is 0. The maximum absolute atomic E-state index is 11.8. The Labute approximate surface area is 122 Å². The van der Waals surface area contributed by atoms with Gasteiger partial charge < -0.3 is 10.2 Å². The van der Waals surface area contributed by atoms with Crippen LogP contribution in [0.3, 0.4) is 0 Å². The molecule has 0 saturated carbocycles. The number of unbranched alkanes of at least 4 members (excludes halogenated alkanes) is 1. The molecule has 1 aliphatic heterocycles. The fourth-order valence-corrected chi connectivity index (χ4v) is 2.38. The Morgan fingerprint density at radius 2 is 1.86 bits per heavy atom. The SMILES string of the molecule is CCCCc1cc(C(=O)O)c(O)c(N2C(=O)CCC2=O)c1. The zero-order chi connectivity index (χ0) is 15.6. The molecule has 1 aromatic carbocycles. The lowest BCUT2D eigenvalue weighted by Crippen LogP contribution is -2.29. The first-order valence-electron chi connectivity index (χ1n) is 6.90. The van der Waals surface area contributed by atoms with Gasteiger partial charge in [0.2, 0.25) is 11.8 Å². The van der Waals surface area contributed by atoms with Crippen molar-refractivity contribution in [2.75, 3.05) is 4.90 Å². The molecule has 2 rings (SSSR count). The van der Waals surface area contributed by atoms with E-state index in [1.165, 1.54) is 12.1 Å². The van der Waals surface area contributed by atoms with Crippen LogP contribution in [0.1, 0.15) is 48.5 Å². The second-order valence-corrected chi connectivity index (χ2v) is 5.04. The molecule has 1 aliphatic rings. The Balaban J connectivity index is 2.52. The number of phenols is 1. The van der Waals surface area contributed by atoms with Crippen molar-refractivity contribution in [3.8, 4) is 5.75 Å². The molecule has 0 aliphatic carbocycles. The zero-order valence-electron chi connectivity index (χ0n) is 11.8. The van der Waals surface area contributed by atoms with Gasteiger partial charge in [-0.1, -0.05) is 13.3 Å². The van der Waals surface area contributed by atoms with Gasteiger partial charge in [0.05, 0.1) is 5.69 Å². The predicted octanol–water partition coefficient (Wildman–Crippen LogP) is 2.09. The average molecular weight is 291 g/mol. The predicted molar refractivity (Wildman–Crippen MR) is 75.4 cm³/mol. The van der Waals surface area contributed by atoms with Crippen LogP contribution in [0.2, 0.25) is 0 Å². The summed E-state index contributed by atoms with van der Waals surface area (Å²) in [5.41, 5.74) is 0.383. The summed E-state index contributed by atoms with van der Waals surface area (Å²) in [6.07, 6.45) is 2.57. The van der Waals surface area contributed by atoms with Gasteiger partial charge in [0.15, 0.2) is 5.75 Å². The number of imide groups is 1. The van der Waals surface area contributed by atoms with E-state index < -0.39 is 23.5 Å². The van der Waals surface area contributed by atoms with Crippen molar-refractivity contribution in [3.05, 3.63) is 23.3 Å². The third-order valence-electron chi connectivity index (χ3n) is 3.49. The van der Waals surface area contributed by atoms with Gasteiger partial charge >= 0.3 is 5.97 Å². The van der Waals surface area contributed by atoms with E-state index in [1.54, 1.807) is 0 Å². The monoisotopic (exact) mass is 291 g/mol. The number of amides is 2. The fraction of sp³-hybridized carbons (Fsp3) is 0.400. The van der Waals surface area contributed by atoms with E-state index in [2.05, 4.69) is 0 Å². The molecule has 6 heteroatoms. The van der Waals surface area contributed by atoms with Crippen molar-refractivity contribution in [1.82, 2.24) is 0 Å². The molecule has 0 bridgehead atoms. The van der Waals surface area contributed by atoms with E-state index in [-0.39, 0.29) is 24.1 Å². The molecular formula is C15H17NO5. The quantitative estimate of drug-likeness (QED) is 0.810. The highest BCUT2D eigenvalue weighted by Crippen LogP contribution is 2.36. The summed E-state index contributed by atoms with van der Waals surface area (Å²) >= 11 is 0. The molecule has 1 aromatic rings. The van der Waals surface area contributed by atoms with E-state index in [4.69, 9.17) is 5.11 Å². The molecule has 0 spiro atoms. The van der Waals surface area contributed by atoms with E-state index in [0.717, 1.165) is 17.7 Å². The standard InChI is InChI=1S/C15H17NO5/c1-2-3-4-9-7-10(15(20)21)14(19)11(8-9)16-12(17)5-6-13(16)18/h7-8,19H,2-6H2,1H3,(H,20,21). The maximum Gasteiger partial charge on any atom is 0.339 e. The fourth-order valence-electron chi connectivity index (χ4n) is 2.38. The van der Waals surface area contributed by atoms with Gasteiger partial charge in [-0.05, 0) is 30.5 Å². The number of carboxylic acid groups (broad SMARTS) is 1. The number of nitrogens with zero attached hydrogens (tertiary/aromatic N) is 1. The number of carboxylic acids is 1. The third kappa shape index (κ3) is 2.89. The molecule has 1 fully saturated rings. The molecular weight excluding hydrogens is 274 g/mol. The number of hydrogen-bond acceptors (Lipinski definition) is 4. The molecule has 2 amide bonds.